The van der Waals surface area contributed by atoms with Gasteiger partial charge < -0.3 is 10.3 Å². The molecule has 2 aromatic rings. The highest BCUT2D eigenvalue weighted by Gasteiger charge is 2.10. The molecule has 0 fully saturated rings. The average molecular weight is 286 g/mol. The Balaban J connectivity index is 2.22. The van der Waals surface area contributed by atoms with Crippen LogP contribution in [0.15, 0.2) is 41.4 Å². The van der Waals surface area contributed by atoms with Gasteiger partial charge in [0, 0.05) is 11.9 Å². The van der Waals surface area contributed by atoms with Gasteiger partial charge in [0.2, 0.25) is 10.0 Å². The number of H-pyrrole nitrogens is 1. The van der Waals surface area contributed by atoms with E-state index in [4.69, 9.17) is 16.7 Å². The van der Waals surface area contributed by atoms with Crippen molar-refractivity contribution in [2.75, 3.05) is 5.32 Å². The summed E-state index contributed by atoms with van der Waals surface area (Å²) in [6.07, 6.45) is 1.80. The number of nitrogens with two attached hydrogens (primary N) is 1. The molecule has 0 amide bonds. The van der Waals surface area contributed by atoms with E-state index in [9.17, 15) is 8.42 Å². The van der Waals surface area contributed by atoms with Gasteiger partial charge in [-0.3, -0.25) is 0 Å². The van der Waals surface area contributed by atoms with E-state index in [2.05, 4.69) is 10.3 Å². The monoisotopic (exact) mass is 285 g/mol. The zero-order valence-corrected chi connectivity index (χ0v) is 10.9. The van der Waals surface area contributed by atoms with Crippen molar-refractivity contribution < 1.29 is 8.42 Å². The maximum Gasteiger partial charge on any atom is 0.238 e. The summed E-state index contributed by atoms with van der Waals surface area (Å²) in [5, 5.41) is 8.55. The van der Waals surface area contributed by atoms with Gasteiger partial charge in [-0.1, -0.05) is 11.6 Å². The Kier molecular flexibility index (Phi) is 3.60. The smallest absolute Gasteiger partial charge is 0.238 e. The van der Waals surface area contributed by atoms with Crippen molar-refractivity contribution in [3.05, 3.63) is 47.2 Å². The minimum atomic E-state index is -3.72. The Morgan fingerprint density at radius 2 is 2.11 bits per heavy atom. The Labute approximate surface area is 110 Å². The fourth-order valence-corrected chi connectivity index (χ4v) is 2.21. The van der Waals surface area contributed by atoms with Crippen LogP contribution in [0, 0.1) is 0 Å². The number of rotatable bonds is 4. The third-order valence-corrected chi connectivity index (χ3v) is 3.64. The van der Waals surface area contributed by atoms with Crippen molar-refractivity contribution in [3.8, 4) is 0 Å². The Bertz CT molecular complexity index is 638. The molecular weight excluding hydrogens is 274 g/mol. The van der Waals surface area contributed by atoms with Gasteiger partial charge in [0.25, 0.3) is 0 Å². The first-order valence-electron chi connectivity index (χ1n) is 5.15. The molecule has 1 heterocycles. The number of benzene rings is 1. The van der Waals surface area contributed by atoms with Crippen LogP contribution >= 0.6 is 11.6 Å². The van der Waals surface area contributed by atoms with Crippen molar-refractivity contribution in [1.82, 2.24) is 4.98 Å². The highest BCUT2D eigenvalue weighted by atomic mass is 35.5. The minimum Gasteiger partial charge on any atom is -0.378 e. The summed E-state index contributed by atoms with van der Waals surface area (Å²) in [4.78, 5) is 3.05. The number of aromatic amines is 1. The fraction of sp³-hybridized carbons (Fsp3) is 0.0909. The lowest BCUT2D eigenvalue weighted by atomic mass is 10.3. The summed E-state index contributed by atoms with van der Waals surface area (Å²) < 4.78 is 22.5. The van der Waals surface area contributed by atoms with Crippen LogP contribution in [0.3, 0.4) is 0 Å². The molecule has 96 valence electrons. The second kappa shape index (κ2) is 5.01. The summed E-state index contributed by atoms with van der Waals surface area (Å²) in [5.74, 6) is 0. The van der Waals surface area contributed by atoms with Crippen LogP contribution in [0.25, 0.3) is 0 Å². The normalized spacial score (nSPS) is 11.4. The van der Waals surface area contributed by atoms with Crippen molar-refractivity contribution in [2.24, 2.45) is 5.14 Å². The largest absolute Gasteiger partial charge is 0.378 e. The number of nitrogens with one attached hydrogen (secondary N) is 2. The number of anilines is 1. The SMILES string of the molecule is NS(=O)(=O)c1ccc(Cl)c(NCc2ccc[nH]2)c1. The van der Waals surface area contributed by atoms with E-state index in [1.807, 2.05) is 12.1 Å². The Morgan fingerprint density at radius 1 is 1.33 bits per heavy atom. The van der Waals surface area contributed by atoms with Crippen LogP contribution in [0.4, 0.5) is 5.69 Å². The topological polar surface area (TPSA) is 88.0 Å². The third-order valence-electron chi connectivity index (χ3n) is 2.40. The Hall–Kier alpha value is -1.50. The lowest BCUT2D eigenvalue weighted by Gasteiger charge is -2.09. The lowest BCUT2D eigenvalue weighted by molar-refractivity contribution is 0.598. The number of primary sulfonamides is 1. The molecule has 0 saturated carbocycles. The van der Waals surface area contributed by atoms with Crippen molar-refractivity contribution in [2.45, 2.75) is 11.4 Å². The van der Waals surface area contributed by atoms with Crippen LogP contribution in [0.5, 0.6) is 0 Å². The second-order valence-electron chi connectivity index (χ2n) is 3.74. The summed E-state index contributed by atoms with van der Waals surface area (Å²) in [6.45, 7) is 0.515. The van der Waals surface area contributed by atoms with Crippen molar-refractivity contribution in [1.29, 1.82) is 0 Å². The molecule has 2 rings (SSSR count). The molecule has 0 aliphatic heterocycles. The van der Waals surface area contributed by atoms with Crippen molar-refractivity contribution in [3.63, 3.8) is 0 Å². The van der Waals surface area contributed by atoms with E-state index in [0.29, 0.717) is 17.3 Å². The summed E-state index contributed by atoms with van der Waals surface area (Å²) in [5.41, 5.74) is 1.49. The van der Waals surface area contributed by atoms with Crippen LogP contribution in [-0.2, 0) is 16.6 Å². The third kappa shape index (κ3) is 3.04. The van der Waals surface area contributed by atoms with E-state index in [1.165, 1.54) is 18.2 Å². The van der Waals surface area contributed by atoms with Gasteiger partial charge in [-0.15, -0.1) is 0 Å². The van der Waals surface area contributed by atoms with Crippen LogP contribution in [0.2, 0.25) is 5.02 Å². The van der Waals surface area contributed by atoms with Gasteiger partial charge in [-0.05, 0) is 30.3 Å². The lowest BCUT2D eigenvalue weighted by Crippen LogP contribution is -2.12. The van der Waals surface area contributed by atoms with Gasteiger partial charge in [-0.25, -0.2) is 13.6 Å². The molecule has 0 atom stereocenters. The molecule has 0 aliphatic carbocycles. The highest BCUT2D eigenvalue weighted by Crippen LogP contribution is 2.25. The minimum absolute atomic E-state index is 0.0286. The first-order chi connectivity index (χ1) is 8.47. The predicted molar refractivity (Wildman–Crippen MR) is 70.9 cm³/mol. The van der Waals surface area contributed by atoms with Crippen LogP contribution < -0.4 is 10.5 Å². The van der Waals surface area contributed by atoms with E-state index >= 15 is 0 Å². The molecule has 7 heteroatoms. The summed E-state index contributed by atoms with van der Waals surface area (Å²) in [6, 6.07) is 8.07. The van der Waals surface area contributed by atoms with Gasteiger partial charge >= 0.3 is 0 Å². The highest BCUT2D eigenvalue weighted by molar-refractivity contribution is 7.89. The molecule has 0 aliphatic rings. The predicted octanol–water partition coefficient (Wildman–Crippen LogP) is 1.93. The summed E-state index contributed by atoms with van der Waals surface area (Å²) in [7, 11) is -3.72. The van der Waals surface area contributed by atoms with Gasteiger partial charge in [-0.2, -0.15) is 0 Å². The second-order valence-corrected chi connectivity index (χ2v) is 5.70. The zero-order valence-electron chi connectivity index (χ0n) is 9.35. The van der Waals surface area contributed by atoms with Crippen molar-refractivity contribution >= 4 is 27.3 Å². The molecule has 18 heavy (non-hydrogen) atoms. The Morgan fingerprint density at radius 3 is 2.72 bits per heavy atom. The summed E-state index contributed by atoms with van der Waals surface area (Å²) >= 11 is 5.98. The molecule has 5 nitrogen and oxygen atoms in total. The van der Waals surface area contributed by atoms with Gasteiger partial charge in [0.15, 0.2) is 0 Å². The first kappa shape index (κ1) is 12.9. The van der Waals surface area contributed by atoms with Crippen LogP contribution in [0.1, 0.15) is 5.69 Å². The van der Waals surface area contributed by atoms with E-state index in [0.717, 1.165) is 5.69 Å². The fourth-order valence-electron chi connectivity index (χ4n) is 1.48. The number of aromatic nitrogens is 1. The maximum absolute atomic E-state index is 11.2. The van der Waals surface area contributed by atoms with E-state index < -0.39 is 10.0 Å². The van der Waals surface area contributed by atoms with Crippen LogP contribution in [-0.4, -0.2) is 13.4 Å². The van der Waals surface area contributed by atoms with Gasteiger partial charge in [0.1, 0.15) is 0 Å². The molecule has 1 aromatic carbocycles. The molecule has 0 spiro atoms. The zero-order chi connectivity index (χ0) is 13.2. The van der Waals surface area contributed by atoms with E-state index in [-0.39, 0.29) is 4.90 Å². The first-order valence-corrected chi connectivity index (χ1v) is 7.08. The number of hydrogen-bond acceptors (Lipinski definition) is 3. The molecule has 0 bridgehead atoms. The molecule has 1 aromatic heterocycles. The number of sulfonamides is 1. The van der Waals surface area contributed by atoms with Gasteiger partial charge in [0.05, 0.1) is 22.2 Å². The van der Waals surface area contributed by atoms with E-state index in [1.54, 1.807) is 6.20 Å². The molecular formula is C11H12ClN3O2S. The number of hydrogen-bond donors (Lipinski definition) is 3. The molecule has 4 N–H and O–H groups in total. The quantitative estimate of drug-likeness (QED) is 0.802. The number of halogens is 1. The molecule has 0 unspecified atom stereocenters. The maximum atomic E-state index is 11.2. The molecule has 0 radical (unpaired) electrons. The molecule has 0 saturated heterocycles. The standard InChI is InChI=1S/C11H12ClN3O2S/c12-10-4-3-9(18(13,16)17)6-11(10)15-7-8-2-1-5-14-8/h1-6,14-15H,7H2,(H2,13,16,17). The average Bonchev–Trinajstić information content (AvgIpc) is 2.79.